The third kappa shape index (κ3) is 4.65. The van der Waals surface area contributed by atoms with E-state index in [2.05, 4.69) is 23.6 Å². The van der Waals surface area contributed by atoms with Crippen molar-refractivity contribution in [3.63, 3.8) is 0 Å². The standard InChI is InChI=1S/C14H25NO3S/c1-11-13(3-2-10-19-11)15-7-4-12(5-8-15)18-9-6-14(16)17/h11-13H,2-10H2,1H3,(H,16,17). The number of piperidine rings is 1. The Morgan fingerprint density at radius 3 is 2.74 bits per heavy atom. The highest BCUT2D eigenvalue weighted by molar-refractivity contribution is 7.99. The lowest BCUT2D eigenvalue weighted by Gasteiger charge is -2.42. The van der Waals surface area contributed by atoms with Gasteiger partial charge in [0.25, 0.3) is 0 Å². The van der Waals surface area contributed by atoms with E-state index in [0.29, 0.717) is 6.61 Å². The highest BCUT2D eigenvalue weighted by atomic mass is 32.2. The van der Waals surface area contributed by atoms with Gasteiger partial charge in [-0.2, -0.15) is 11.8 Å². The summed E-state index contributed by atoms with van der Waals surface area (Å²) >= 11 is 2.10. The molecule has 4 nitrogen and oxygen atoms in total. The molecule has 0 aliphatic carbocycles. The molecule has 2 aliphatic heterocycles. The van der Waals surface area contributed by atoms with Crippen molar-refractivity contribution in [3.05, 3.63) is 0 Å². The monoisotopic (exact) mass is 287 g/mol. The van der Waals surface area contributed by atoms with Gasteiger partial charge in [-0.25, -0.2) is 0 Å². The molecule has 110 valence electrons. The molecule has 2 unspecified atom stereocenters. The largest absolute Gasteiger partial charge is 0.481 e. The maximum Gasteiger partial charge on any atom is 0.305 e. The number of nitrogens with zero attached hydrogens (tertiary/aromatic N) is 1. The molecule has 2 fully saturated rings. The summed E-state index contributed by atoms with van der Waals surface area (Å²) in [5.41, 5.74) is 0. The van der Waals surface area contributed by atoms with Crippen LogP contribution in [0.25, 0.3) is 0 Å². The van der Waals surface area contributed by atoms with Crippen LogP contribution in [0.4, 0.5) is 0 Å². The van der Waals surface area contributed by atoms with Crippen LogP contribution in [0.15, 0.2) is 0 Å². The molecule has 0 bridgehead atoms. The number of ether oxygens (including phenoxy) is 1. The Morgan fingerprint density at radius 2 is 2.11 bits per heavy atom. The summed E-state index contributed by atoms with van der Waals surface area (Å²) in [7, 11) is 0. The summed E-state index contributed by atoms with van der Waals surface area (Å²) in [6, 6.07) is 0.735. The quantitative estimate of drug-likeness (QED) is 0.840. The van der Waals surface area contributed by atoms with Gasteiger partial charge in [0, 0.05) is 24.4 Å². The van der Waals surface area contributed by atoms with Crippen molar-refractivity contribution in [1.82, 2.24) is 4.90 Å². The van der Waals surface area contributed by atoms with Gasteiger partial charge < -0.3 is 9.84 Å². The maximum absolute atomic E-state index is 10.4. The molecule has 19 heavy (non-hydrogen) atoms. The van der Waals surface area contributed by atoms with Gasteiger partial charge in [0.2, 0.25) is 0 Å². The van der Waals surface area contributed by atoms with Crippen LogP contribution in [-0.4, -0.2) is 58.8 Å². The zero-order chi connectivity index (χ0) is 13.7. The number of carboxylic acid groups (broad SMARTS) is 1. The molecule has 2 aliphatic rings. The van der Waals surface area contributed by atoms with Gasteiger partial charge in [-0.05, 0) is 31.4 Å². The van der Waals surface area contributed by atoms with E-state index in [0.717, 1.165) is 37.2 Å². The second-order valence-corrected chi connectivity index (χ2v) is 7.02. The molecule has 0 aromatic heterocycles. The first-order chi connectivity index (χ1) is 9.16. The smallest absolute Gasteiger partial charge is 0.305 e. The topological polar surface area (TPSA) is 49.8 Å². The summed E-state index contributed by atoms with van der Waals surface area (Å²) in [6.07, 6.45) is 5.16. The molecule has 2 heterocycles. The summed E-state index contributed by atoms with van der Waals surface area (Å²) in [4.78, 5) is 13.1. The van der Waals surface area contributed by atoms with Gasteiger partial charge in [0.15, 0.2) is 0 Å². The van der Waals surface area contributed by atoms with E-state index in [1.54, 1.807) is 0 Å². The van der Waals surface area contributed by atoms with E-state index in [4.69, 9.17) is 9.84 Å². The molecule has 0 aromatic rings. The van der Waals surface area contributed by atoms with Crippen LogP contribution >= 0.6 is 11.8 Å². The third-order valence-electron chi connectivity index (χ3n) is 4.18. The summed E-state index contributed by atoms with van der Waals surface area (Å²) in [6.45, 7) is 4.92. The lowest BCUT2D eigenvalue weighted by atomic mass is 10.0. The molecule has 0 saturated carbocycles. The van der Waals surface area contributed by atoms with Gasteiger partial charge >= 0.3 is 5.97 Å². The molecular weight excluding hydrogens is 262 g/mol. The van der Waals surface area contributed by atoms with Gasteiger partial charge in [0.1, 0.15) is 0 Å². The third-order valence-corrected chi connectivity index (χ3v) is 5.55. The number of hydrogen-bond acceptors (Lipinski definition) is 4. The van der Waals surface area contributed by atoms with Crippen molar-refractivity contribution < 1.29 is 14.6 Å². The fourth-order valence-corrected chi connectivity index (χ4v) is 4.31. The number of carboxylic acids is 1. The molecule has 2 atom stereocenters. The van der Waals surface area contributed by atoms with Crippen molar-refractivity contribution in [2.75, 3.05) is 25.4 Å². The van der Waals surface area contributed by atoms with Gasteiger partial charge in [-0.1, -0.05) is 6.92 Å². The highest BCUT2D eigenvalue weighted by Crippen LogP contribution is 2.30. The first-order valence-corrected chi connectivity index (χ1v) is 8.40. The average Bonchev–Trinajstić information content (AvgIpc) is 2.40. The first kappa shape index (κ1) is 15.1. The molecule has 0 radical (unpaired) electrons. The van der Waals surface area contributed by atoms with Crippen LogP contribution in [0.1, 0.15) is 39.0 Å². The minimum absolute atomic E-state index is 0.122. The van der Waals surface area contributed by atoms with Crippen LogP contribution < -0.4 is 0 Å². The lowest BCUT2D eigenvalue weighted by Crippen LogP contribution is -2.48. The van der Waals surface area contributed by atoms with Crippen molar-refractivity contribution in [1.29, 1.82) is 0 Å². The molecule has 0 amide bonds. The van der Waals surface area contributed by atoms with Crippen LogP contribution in [0.2, 0.25) is 0 Å². The van der Waals surface area contributed by atoms with E-state index in [-0.39, 0.29) is 12.5 Å². The Labute approximate surface area is 119 Å². The van der Waals surface area contributed by atoms with Crippen LogP contribution in [0, 0.1) is 0 Å². The van der Waals surface area contributed by atoms with Crippen molar-refractivity contribution >= 4 is 17.7 Å². The van der Waals surface area contributed by atoms with E-state index in [9.17, 15) is 4.79 Å². The number of carbonyl (C=O) groups is 1. The number of likely N-dealkylation sites (tertiary alicyclic amines) is 1. The minimum atomic E-state index is -0.773. The number of aliphatic carboxylic acids is 1. The second kappa shape index (κ2) is 7.50. The van der Waals surface area contributed by atoms with E-state index in [1.165, 1.54) is 18.6 Å². The fourth-order valence-electron chi connectivity index (χ4n) is 3.07. The number of rotatable bonds is 5. The Balaban J connectivity index is 1.68. The fraction of sp³-hybridized carbons (Fsp3) is 0.929. The molecule has 0 aromatic carbocycles. The Hall–Kier alpha value is -0.260. The SMILES string of the molecule is CC1SCCCC1N1CCC(OCCC(=O)O)CC1. The van der Waals surface area contributed by atoms with Gasteiger partial charge in [0.05, 0.1) is 19.1 Å². The first-order valence-electron chi connectivity index (χ1n) is 7.36. The molecule has 2 rings (SSSR count). The molecule has 2 saturated heterocycles. The van der Waals surface area contributed by atoms with Crippen molar-refractivity contribution in [3.8, 4) is 0 Å². The van der Waals surface area contributed by atoms with Gasteiger partial charge in [-0.15, -0.1) is 0 Å². The predicted molar refractivity (Wildman–Crippen MR) is 77.7 cm³/mol. The average molecular weight is 287 g/mol. The predicted octanol–water partition coefficient (Wildman–Crippen LogP) is 2.23. The Kier molecular flexibility index (Phi) is 5.98. The lowest BCUT2D eigenvalue weighted by molar-refractivity contribution is -0.138. The van der Waals surface area contributed by atoms with Crippen LogP contribution in [0.3, 0.4) is 0 Å². The number of hydrogen-bond donors (Lipinski definition) is 1. The van der Waals surface area contributed by atoms with E-state index >= 15 is 0 Å². The van der Waals surface area contributed by atoms with E-state index in [1.807, 2.05) is 0 Å². The van der Waals surface area contributed by atoms with Crippen molar-refractivity contribution in [2.24, 2.45) is 0 Å². The summed E-state index contributed by atoms with van der Waals surface area (Å²) < 4.78 is 5.64. The zero-order valence-electron chi connectivity index (χ0n) is 11.7. The Bertz CT molecular complexity index is 292. The van der Waals surface area contributed by atoms with Gasteiger partial charge in [-0.3, -0.25) is 9.69 Å². The number of thioether (sulfide) groups is 1. The summed E-state index contributed by atoms with van der Waals surface area (Å²) in [5, 5.41) is 9.34. The zero-order valence-corrected chi connectivity index (χ0v) is 12.5. The van der Waals surface area contributed by atoms with Crippen LogP contribution in [0.5, 0.6) is 0 Å². The molecular formula is C14H25NO3S. The molecule has 5 heteroatoms. The minimum Gasteiger partial charge on any atom is -0.481 e. The molecule has 1 N–H and O–H groups in total. The highest BCUT2D eigenvalue weighted by Gasteiger charge is 2.30. The van der Waals surface area contributed by atoms with Crippen molar-refractivity contribution in [2.45, 2.75) is 56.4 Å². The summed E-state index contributed by atoms with van der Waals surface area (Å²) in [5.74, 6) is 0.539. The normalized spacial score (nSPS) is 30.4. The maximum atomic E-state index is 10.4. The Morgan fingerprint density at radius 1 is 1.37 bits per heavy atom. The van der Waals surface area contributed by atoms with Crippen LogP contribution in [-0.2, 0) is 9.53 Å². The van der Waals surface area contributed by atoms with E-state index < -0.39 is 5.97 Å². The second-order valence-electron chi connectivity index (χ2n) is 5.54. The molecule has 0 spiro atoms.